The van der Waals surface area contributed by atoms with Gasteiger partial charge in [0.2, 0.25) is 5.82 Å². The van der Waals surface area contributed by atoms with E-state index >= 15 is 0 Å². The van der Waals surface area contributed by atoms with Gasteiger partial charge < -0.3 is 10.4 Å². The molecule has 8 heteroatoms. The van der Waals surface area contributed by atoms with E-state index < -0.39 is 17.7 Å². The molecule has 23 heavy (non-hydrogen) atoms. The van der Waals surface area contributed by atoms with Crippen molar-refractivity contribution >= 4 is 11.9 Å². The molecule has 0 saturated carbocycles. The van der Waals surface area contributed by atoms with Gasteiger partial charge in [-0.15, -0.1) is 5.10 Å². The minimum absolute atomic E-state index is 0.0302. The molecule has 1 heterocycles. The maximum absolute atomic E-state index is 13.9. The molecule has 0 atom stereocenters. The van der Waals surface area contributed by atoms with Gasteiger partial charge in [-0.25, -0.2) is 14.1 Å². The number of nitrogens with zero attached hydrogens (tertiary/aromatic N) is 3. The van der Waals surface area contributed by atoms with Crippen LogP contribution in [0.1, 0.15) is 36.2 Å². The van der Waals surface area contributed by atoms with Gasteiger partial charge in [0.25, 0.3) is 5.91 Å². The molecule has 1 amide bonds. The van der Waals surface area contributed by atoms with E-state index in [9.17, 15) is 14.0 Å². The summed E-state index contributed by atoms with van der Waals surface area (Å²) < 4.78 is 15.2. The molecule has 1 aromatic carbocycles. The molecule has 7 nitrogen and oxygen atoms in total. The third-order valence-electron chi connectivity index (χ3n) is 3.13. The summed E-state index contributed by atoms with van der Waals surface area (Å²) in [5.74, 6) is -1.50. The maximum atomic E-state index is 13.9. The number of carboxylic acid groups (broad SMARTS) is 1. The highest BCUT2D eigenvalue weighted by Crippen LogP contribution is 2.14. The van der Waals surface area contributed by atoms with Crippen LogP contribution in [0.3, 0.4) is 0 Å². The van der Waals surface area contributed by atoms with Crippen molar-refractivity contribution in [2.45, 2.75) is 26.2 Å². The Balaban J connectivity index is 2.14. The Morgan fingerprint density at radius 2 is 2.09 bits per heavy atom. The summed E-state index contributed by atoms with van der Waals surface area (Å²) in [6, 6.07) is 6.10. The van der Waals surface area contributed by atoms with Gasteiger partial charge in [-0.1, -0.05) is 19.1 Å². The van der Waals surface area contributed by atoms with Crippen LogP contribution in [0.25, 0.3) is 5.69 Å². The first-order valence-corrected chi connectivity index (χ1v) is 7.23. The van der Waals surface area contributed by atoms with Crippen LogP contribution in [-0.4, -0.2) is 38.3 Å². The summed E-state index contributed by atoms with van der Waals surface area (Å²) >= 11 is 0. The topological polar surface area (TPSA) is 97.1 Å². The highest BCUT2D eigenvalue weighted by atomic mass is 19.1. The zero-order valence-corrected chi connectivity index (χ0v) is 12.6. The lowest BCUT2D eigenvalue weighted by molar-refractivity contribution is -0.137. The largest absolute Gasteiger partial charge is 0.481 e. The number of hydrogen-bond donors (Lipinski definition) is 2. The highest BCUT2D eigenvalue weighted by Gasteiger charge is 2.17. The third kappa shape index (κ3) is 4.12. The Morgan fingerprint density at radius 3 is 2.74 bits per heavy atom. The number of benzene rings is 1. The molecule has 0 bridgehead atoms. The number of aryl methyl sites for hydroxylation is 1. The van der Waals surface area contributed by atoms with Gasteiger partial charge in [-0.3, -0.25) is 9.59 Å². The lowest BCUT2D eigenvalue weighted by Crippen LogP contribution is -2.26. The fourth-order valence-electron chi connectivity index (χ4n) is 2.01. The molecular weight excluding hydrogens is 303 g/mol. The van der Waals surface area contributed by atoms with Crippen molar-refractivity contribution in [1.29, 1.82) is 0 Å². The summed E-state index contributed by atoms with van der Waals surface area (Å²) in [6.07, 6.45) is 0.765. The first kappa shape index (κ1) is 16.6. The van der Waals surface area contributed by atoms with Crippen LogP contribution in [-0.2, 0) is 11.2 Å². The Hall–Kier alpha value is -2.77. The fraction of sp³-hybridized carbons (Fsp3) is 0.333. The van der Waals surface area contributed by atoms with Crippen LogP contribution in [0.4, 0.5) is 4.39 Å². The summed E-state index contributed by atoms with van der Waals surface area (Å²) in [5, 5.41) is 15.2. The Labute approximate surface area is 132 Å². The molecule has 0 fully saturated rings. The number of hydrogen-bond acceptors (Lipinski definition) is 4. The minimum atomic E-state index is -0.922. The van der Waals surface area contributed by atoms with Crippen molar-refractivity contribution in [1.82, 2.24) is 20.1 Å². The number of amides is 1. The first-order valence-electron chi connectivity index (χ1n) is 7.23. The Kier molecular flexibility index (Phi) is 5.40. The average molecular weight is 320 g/mol. The van der Waals surface area contributed by atoms with E-state index in [4.69, 9.17) is 5.11 Å². The Morgan fingerprint density at radius 1 is 1.35 bits per heavy atom. The van der Waals surface area contributed by atoms with E-state index in [0.717, 1.165) is 0 Å². The Bertz CT molecular complexity index is 714. The van der Waals surface area contributed by atoms with Crippen molar-refractivity contribution in [3.8, 4) is 5.69 Å². The number of aromatic nitrogens is 3. The maximum Gasteiger partial charge on any atom is 0.303 e. The normalized spacial score (nSPS) is 10.5. The molecule has 0 aliphatic carbocycles. The predicted octanol–water partition coefficient (Wildman–Crippen LogP) is 1.56. The van der Waals surface area contributed by atoms with E-state index in [1.165, 1.54) is 10.7 Å². The first-order chi connectivity index (χ1) is 11.0. The number of rotatable bonds is 7. The lowest BCUT2D eigenvalue weighted by atomic mass is 10.3. The van der Waals surface area contributed by atoms with Gasteiger partial charge in [-0.2, -0.15) is 0 Å². The van der Waals surface area contributed by atoms with Crippen LogP contribution >= 0.6 is 0 Å². The molecule has 2 aromatic rings. The van der Waals surface area contributed by atoms with Gasteiger partial charge in [-0.05, 0) is 18.6 Å². The molecule has 2 N–H and O–H groups in total. The zero-order valence-electron chi connectivity index (χ0n) is 12.6. The molecule has 0 aliphatic rings. The van der Waals surface area contributed by atoms with E-state index in [-0.39, 0.29) is 24.5 Å². The van der Waals surface area contributed by atoms with Crippen LogP contribution in [0.5, 0.6) is 0 Å². The molecule has 2 rings (SSSR count). The van der Waals surface area contributed by atoms with E-state index in [0.29, 0.717) is 18.7 Å². The molecular formula is C15H17FN4O3. The second-order valence-corrected chi connectivity index (χ2v) is 4.82. The number of para-hydroxylation sites is 1. The molecule has 0 saturated heterocycles. The minimum Gasteiger partial charge on any atom is -0.481 e. The van der Waals surface area contributed by atoms with Crippen LogP contribution in [0.15, 0.2) is 24.3 Å². The summed E-state index contributed by atoms with van der Waals surface area (Å²) in [6.45, 7) is 2.04. The van der Waals surface area contributed by atoms with Crippen molar-refractivity contribution in [2.75, 3.05) is 6.54 Å². The monoisotopic (exact) mass is 320 g/mol. The van der Waals surface area contributed by atoms with Crippen LogP contribution in [0.2, 0.25) is 0 Å². The second-order valence-electron chi connectivity index (χ2n) is 4.82. The molecule has 1 aromatic heterocycles. The second kappa shape index (κ2) is 7.48. The van der Waals surface area contributed by atoms with E-state index in [1.54, 1.807) is 18.2 Å². The molecule has 0 unspecified atom stereocenters. The third-order valence-corrected chi connectivity index (χ3v) is 3.13. The highest BCUT2D eigenvalue weighted by molar-refractivity contribution is 5.90. The summed E-state index contributed by atoms with van der Waals surface area (Å²) in [7, 11) is 0. The van der Waals surface area contributed by atoms with Gasteiger partial charge in [0.1, 0.15) is 17.3 Å². The molecule has 0 spiro atoms. The number of carboxylic acids is 1. The number of halogens is 1. The standard InChI is InChI=1S/C15H17FN4O3/c1-2-12-18-14(15(23)17-9-5-8-13(21)22)19-20(12)11-7-4-3-6-10(11)16/h3-4,6-7H,2,5,8-9H2,1H3,(H,17,23)(H,21,22). The smallest absolute Gasteiger partial charge is 0.303 e. The van der Waals surface area contributed by atoms with Gasteiger partial charge in [0.15, 0.2) is 0 Å². The molecule has 122 valence electrons. The summed E-state index contributed by atoms with van der Waals surface area (Å²) in [4.78, 5) is 26.5. The number of carbonyl (C=O) groups excluding carboxylic acids is 1. The molecule has 0 radical (unpaired) electrons. The fourth-order valence-corrected chi connectivity index (χ4v) is 2.01. The van der Waals surface area contributed by atoms with E-state index in [1.807, 2.05) is 6.92 Å². The predicted molar refractivity (Wildman–Crippen MR) is 79.9 cm³/mol. The van der Waals surface area contributed by atoms with Gasteiger partial charge >= 0.3 is 5.97 Å². The van der Waals surface area contributed by atoms with Crippen LogP contribution in [0, 0.1) is 5.82 Å². The number of carbonyl (C=O) groups is 2. The number of aliphatic carboxylic acids is 1. The van der Waals surface area contributed by atoms with Crippen molar-refractivity contribution in [2.24, 2.45) is 0 Å². The van der Waals surface area contributed by atoms with Crippen molar-refractivity contribution < 1.29 is 19.1 Å². The van der Waals surface area contributed by atoms with Crippen LogP contribution < -0.4 is 5.32 Å². The average Bonchev–Trinajstić information content (AvgIpc) is 2.95. The van der Waals surface area contributed by atoms with Crippen molar-refractivity contribution in [3.05, 3.63) is 41.7 Å². The summed E-state index contributed by atoms with van der Waals surface area (Å²) in [5.41, 5.74) is 0.224. The van der Waals surface area contributed by atoms with Gasteiger partial charge in [0.05, 0.1) is 0 Å². The molecule has 0 aliphatic heterocycles. The zero-order chi connectivity index (χ0) is 16.8. The quantitative estimate of drug-likeness (QED) is 0.755. The lowest BCUT2D eigenvalue weighted by Gasteiger charge is -2.04. The number of nitrogens with one attached hydrogen (secondary N) is 1. The van der Waals surface area contributed by atoms with Gasteiger partial charge in [0, 0.05) is 19.4 Å². The van der Waals surface area contributed by atoms with Crippen molar-refractivity contribution in [3.63, 3.8) is 0 Å². The van der Waals surface area contributed by atoms with E-state index in [2.05, 4.69) is 15.4 Å². The SMILES string of the molecule is CCc1nc(C(=O)NCCCC(=O)O)nn1-c1ccccc1F.